The first-order chi connectivity index (χ1) is 18.0. The van der Waals surface area contributed by atoms with Gasteiger partial charge in [-0.2, -0.15) is 0 Å². The van der Waals surface area contributed by atoms with Gasteiger partial charge in [0, 0.05) is 0 Å². The van der Waals surface area contributed by atoms with Gasteiger partial charge in [0.2, 0.25) is 0 Å². The zero-order chi connectivity index (χ0) is 28.6. The molecule has 0 saturated heterocycles. The normalized spacial score (nSPS) is 45.5. The molecule has 5 nitrogen and oxygen atoms in total. The van der Waals surface area contributed by atoms with Crippen LogP contribution in [0.15, 0.2) is 0 Å². The molecule has 0 aliphatic heterocycles. The van der Waals surface area contributed by atoms with Gasteiger partial charge in [-0.15, -0.1) is 0 Å². The molecular weight excluding hydrogens is 555 g/mol. The van der Waals surface area contributed by atoms with Crippen LogP contribution < -0.4 is 0 Å². The summed E-state index contributed by atoms with van der Waals surface area (Å²) in [6, 6.07) is 0. The van der Waals surface area contributed by atoms with Crippen LogP contribution in [0.25, 0.3) is 0 Å². The molecule has 39 heavy (non-hydrogen) atoms. The number of hydrogen-bond donors (Lipinski definition) is 0. The Kier molecular flexibility index (Phi) is 5.78. The van der Waals surface area contributed by atoms with E-state index in [2.05, 4.69) is 48.5 Å². The van der Waals surface area contributed by atoms with Crippen LogP contribution in [0.4, 0.5) is 0 Å². The number of carbonyl (C=O) groups is 3. The zero-order valence-electron chi connectivity index (χ0n) is 25.3. The Balaban J connectivity index is 1.55. The average Bonchev–Trinajstić information content (AvgIpc) is 3.29. The topological polar surface area (TPSA) is 69.7 Å². The maximum atomic E-state index is 15.0. The van der Waals surface area contributed by atoms with E-state index >= 15 is 4.79 Å². The second-order valence-electron chi connectivity index (χ2n) is 15.5. The first-order valence-corrected chi connectivity index (χ1v) is 16.7. The van der Waals surface area contributed by atoms with Gasteiger partial charge in [0.15, 0.2) is 0 Å². The second kappa shape index (κ2) is 8.12. The molecule has 214 valence electrons. The Labute approximate surface area is 239 Å². The van der Waals surface area contributed by atoms with Crippen molar-refractivity contribution in [3.8, 4) is 0 Å². The SMILES string of the molecule is COC(=O)[C@@]1(C)CC[C@]2(C)CC[C@]3(C)c4c([se]c1c42)C(=O)[C@@H]1[C@@]2(C)CC[C@H](OC(C)=O)C(C)(C)[C@@H]2CC[C@]13C. The van der Waals surface area contributed by atoms with Crippen molar-refractivity contribution in [2.75, 3.05) is 7.11 Å². The molecule has 1 heterocycles. The fourth-order valence-corrected chi connectivity index (χ4v) is 14.5. The molecule has 0 radical (unpaired) electrons. The molecule has 6 rings (SSSR count). The van der Waals surface area contributed by atoms with Gasteiger partial charge in [-0.05, 0) is 0 Å². The summed E-state index contributed by atoms with van der Waals surface area (Å²) in [6.07, 6.45) is 7.65. The second-order valence-corrected chi connectivity index (χ2v) is 17.6. The molecule has 0 aromatic carbocycles. The summed E-state index contributed by atoms with van der Waals surface area (Å²) in [5.41, 5.74) is 1.55. The van der Waals surface area contributed by atoms with Crippen LogP contribution in [0.2, 0.25) is 0 Å². The molecule has 2 saturated carbocycles. The number of methoxy groups -OCH3 is 1. The predicted molar refractivity (Wildman–Crippen MR) is 151 cm³/mol. The van der Waals surface area contributed by atoms with E-state index in [-0.39, 0.29) is 65.5 Å². The van der Waals surface area contributed by atoms with Gasteiger partial charge in [0.05, 0.1) is 0 Å². The van der Waals surface area contributed by atoms with Gasteiger partial charge in [0.1, 0.15) is 0 Å². The molecule has 0 amide bonds. The summed E-state index contributed by atoms with van der Waals surface area (Å²) in [5.74, 6) is 0.264. The maximum absolute atomic E-state index is 15.0. The van der Waals surface area contributed by atoms with Gasteiger partial charge in [-0.3, -0.25) is 0 Å². The van der Waals surface area contributed by atoms with Crippen LogP contribution in [-0.4, -0.2) is 45.4 Å². The summed E-state index contributed by atoms with van der Waals surface area (Å²) >= 11 is -0.160. The van der Waals surface area contributed by atoms with Crippen molar-refractivity contribution in [1.29, 1.82) is 0 Å². The minimum absolute atomic E-state index is 0.0376. The van der Waals surface area contributed by atoms with Gasteiger partial charge < -0.3 is 0 Å². The van der Waals surface area contributed by atoms with Crippen LogP contribution >= 0.6 is 0 Å². The van der Waals surface area contributed by atoms with Crippen molar-refractivity contribution in [3.63, 3.8) is 0 Å². The fourth-order valence-electron chi connectivity index (χ4n) is 10.9. The third kappa shape index (κ3) is 3.17. The fraction of sp³-hybridized carbons (Fsp3) is 0.788. The van der Waals surface area contributed by atoms with Crippen LogP contribution in [-0.2, 0) is 35.3 Å². The number of fused-ring (bicyclic) bond motifs is 4. The van der Waals surface area contributed by atoms with Gasteiger partial charge in [-0.25, -0.2) is 0 Å². The molecule has 5 aliphatic rings. The molecule has 0 spiro atoms. The zero-order valence-corrected chi connectivity index (χ0v) is 27.1. The third-order valence-corrected chi connectivity index (χ3v) is 16.4. The number of rotatable bonds is 2. The van der Waals surface area contributed by atoms with Crippen LogP contribution in [0, 0.1) is 28.1 Å². The first kappa shape index (κ1) is 27.8. The standard InChI is InChI=1S/C33H46O5Se/c1-18(34)38-20-11-12-30(5)19(28(20,2)3)10-13-33(8)25(30)23(35)24-21-22-26(39-24)31(6,27(36)37-9)16-14-29(22,4)15-17-32(21,33)7/h19-20,25H,10-17H2,1-9H3/t19-,20-,25+,29+,30-,31-,32+,33+/m0/s1. The molecule has 8 atom stereocenters. The Hall–Kier alpha value is -1.39. The number of esters is 2. The quantitative estimate of drug-likeness (QED) is 0.296. The van der Waals surface area contributed by atoms with Crippen LogP contribution in [0.1, 0.15) is 132 Å². The molecule has 0 bridgehead atoms. The van der Waals surface area contributed by atoms with Crippen LogP contribution in [0.5, 0.6) is 0 Å². The number of carbonyl (C=O) groups excluding carboxylic acids is 3. The molecular formula is C33H46O5Se. The Morgan fingerprint density at radius 1 is 0.872 bits per heavy atom. The van der Waals surface area contributed by atoms with Gasteiger partial charge in [0.25, 0.3) is 0 Å². The van der Waals surface area contributed by atoms with E-state index in [1.54, 1.807) is 0 Å². The molecule has 5 aliphatic carbocycles. The summed E-state index contributed by atoms with van der Waals surface area (Å²) in [6.45, 7) is 17.8. The molecule has 0 unspecified atom stereocenters. The summed E-state index contributed by atoms with van der Waals surface area (Å²) in [4.78, 5) is 40.3. The van der Waals surface area contributed by atoms with E-state index in [0.29, 0.717) is 11.7 Å². The Morgan fingerprint density at radius 3 is 2.18 bits per heavy atom. The molecule has 1 aromatic heterocycles. The Bertz CT molecular complexity index is 1290. The van der Waals surface area contributed by atoms with E-state index in [0.717, 1.165) is 55.8 Å². The van der Waals surface area contributed by atoms with Crippen molar-refractivity contribution >= 4 is 32.2 Å². The molecule has 0 N–H and O–H groups in total. The van der Waals surface area contributed by atoms with E-state index in [9.17, 15) is 9.59 Å². The van der Waals surface area contributed by atoms with E-state index < -0.39 is 5.41 Å². The van der Waals surface area contributed by atoms with E-state index in [1.165, 1.54) is 29.6 Å². The number of ether oxygens (including phenoxy) is 2. The Morgan fingerprint density at radius 2 is 1.54 bits per heavy atom. The molecule has 6 heteroatoms. The first-order valence-electron chi connectivity index (χ1n) is 15.0. The van der Waals surface area contributed by atoms with E-state index in [1.807, 2.05) is 0 Å². The molecule has 1 aromatic rings. The summed E-state index contributed by atoms with van der Waals surface area (Å²) in [7, 11) is 1.50. The van der Waals surface area contributed by atoms with Crippen molar-refractivity contribution in [2.24, 2.45) is 28.1 Å². The summed E-state index contributed by atoms with van der Waals surface area (Å²) < 4.78 is 13.6. The summed E-state index contributed by atoms with van der Waals surface area (Å²) in [5, 5.41) is 0. The number of hydrogen-bond acceptors (Lipinski definition) is 5. The minimum atomic E-state index is -0.637. The third-order valence-electron chi connectivity index (χ3n) is 13.3. The van der Waals surface area contributed by atoms with Crippen molar-refractivity contribution < 1.29 is 23.9 Å². The average molecular weight is 602 g/mol. The van der Waals surface area contributed by atoms with E-state index in [4.69, 9.17) is 9.47 Å². The van der Waals surface area contributed by atoms with Gasteiger partial charge >= 0.3 is 240 Å². The van der Waals surface area contributed by atoms with Crippen LogP contribution in [0.3, 0.4) is 0 Å². The number of ketones is 1. The monoisotopic (exact) mass is 602 g/mol. The van der Waals surface area contributed by atoms with Crippen molar-refractivity contribution in [3.05, 3.63) is 20.0 Å². The van der Waals surface area contributed by atoms with Gasteiger partial charge in [-0.1, -0.05) is 0 Å². The van der Waals surface area contributed by atoms with Crippen molar-refractivity contribution in [2.45, 2.75) is 129 Å². The van der Waals surface area contributed by atoms with Crippen molar-refractivity contribution in [1.82, 2.24) is 0 Å². The predicted octanol–water partition coefficient (Wildman–Crippen LogP) is 6.26. The molecule has 2 fully saturated rings. The number of Topliss-reactive ketones (excluding diaryl/α,β-unsaturated/α-hetero) is 1.